The van der Waals surface area contributed by atoms with Gasteiger partial charge in [-0.25, -0.2) is 0 Å². The zero-order valence-corrected chi connectivity index (χ0v) is 11.6. The highest BCUT2D eigenvalue weighted by Crippen LogP contribution is 2.38. The molecule has 0 amide bonds. The van der Waals surface area contributed by atoms with Crippen molar-refractivity contribution in [3.8, 4) is 0 Å². The third-order valence-electron chi connectivity index (χ3n) is 5.03. The van der Waals surface area contributed by atoms with E-state index in [1.165, 1.54) is 52.0 Å². The molecule has 3 heterocycles. The lowest BCUT2D eigenvalue weighted by atomic mass is 9.77. The molecule has 1 atom stereocenters. The molecule has 4 heteroatoms. The van der Waals surface area contributed by atoms with Gasteiger partial charge in [0.1, 0.15) is 0 Å². The van der Waals surface area contributed by atoms with Crippen LogP contribution in [0.2, 0.25) is 0 Å². The third kappa shape index (κ3) is 2.72. The van der Waals surface area contributed by atoms with Crippen molar-refractivity contribution in [1.82, 2.24) is 9.80 Å². The van der Waals surface area contributed by atoms with Gasteiger partial charge >= 0.3 is 0 Å². The Kier molecular flexibility index (Phi) is 3.89. The highest BCUT2D eigenvalue weighted by atomic mass is 16.5. The summed E-state index contributed by atoms with van der Waals surface area (Å²) in [5.41, 5.74) is 0.575. The first kappa shape index (κ1) is 12.9. The van der Waals surface area contributed by atoms with Crippen molar-refractivity contribution in [3.63, 3.8) is 0 Å². The van der Waals surface area contributed by atoms with E-state index < -0.39 is 0 Å². The number of likely N-dealkylation sites (tertiary alicyclic amines) is 2. The first-order chi connectivity index (χ1) is 8.80. The zero-order valence-electron chi connectivity index (χ0n) is 11.6. The van der Waals surface area contributed by atoms with Crippen LogP contribution in [0.3, 0.4) is 0 Å². The minimum Gasteiger partial charge on any atom is -0.380 e. The van der Waals surface area contributed by atoms with Crippen LogP contribution in [0.15, 0.2) is 0 Å². The molecule has 3 rings (SSSR count). The molecule has 3 fully saturated rings. The Morgan fingerprint density at radius 3 is 2.39 bits per heavy atom. The number of ether oxygens (including phenoxy) is 2. The fourth-order valence-corrected chi connectivity index (χ4v) is 3.41. The van der Waals surface area contributed by atoms with Crippen LogP contribution in [0, 0.1) is 5.41 Å². The SMILES string of the molecule is COC1CCN(CCN2CCC3(CC2)COC3)C1. The average Bonchev–Trinajstić information content (AvgIpc) is 2.83. The minimum atomic E-state index is 0.474. The van der Waals surface area contributed by atoms with Crippen LogP contribution >= 0.6 is 0 Å². The van der Waals surface area contributed by atoms with Gasteiger partial charge in [-0.15, -0.1) is 0 Å². The van der Waals surface area contributed by atoms with Gasteiger partial charge in [0, 0.05) is 38.7 Å². The summed E-state index contributed by atoms with van der Waals surface area (Å²) >= 11 is 0. The summed E-state index contributed by atoms with van der Waals surface area (Å²) in [5, 5.41) is 0. The largest absolute Gasteiger partial charge is 0.380 e. The van der Waals surface area contributed by atoms with Crippen LogP contribution in [0.5, 0.6) is 0 Å². The summed E-state index contributed by atoms with van der Waals surface area (Å²) in [6.07, 6.45) is 4.36. The van der Waals surface area contributed by atoms with Crippen molar-refractivity contribution in [2.24, 2.45) is 5.41 Å². The zero-order chi connectivity index (χ0) is 12.4. The normalized spacial score (nSPS) is 32.8. The average molecular weight is 254 g/mol. The maximum Gasteiger partial charge on any atom is 0.0710 e. The molecule has 0 aromatic carbocycles. The highest BCUT2D eigenvalue weighted by Gasteiger charge is 2.40. The summed E-state index contributed by atoms with van der Waals surface area (Å²) in [6.45, 7) is 9.35. The smallest absolute Gasteiger partial charge is 0.0710 e. The predicted octanol–water partition coefficient (Wildman–Crippen LogP) is 0.819. The fourth-order valence-electron chi connectivity index (χ4n) is 3.41. The van der Waals surface area contributed by atoms with Crippen molar-refractivity contribution >= 4 is 0 Å². The van der Waals surface area contributed by atoms with Gasteiger partial charge in [-0.1, -0.05) is 0 Å². The Labute approximate surface area is 110 Å². The third-order valence-corrected chi connectivity index (χ3v) is 5.03. The van der Waals surface area contributed by atoms with Gasteiger partial charge in [0.25, 0.3) is 0 Å². The van der Waals surface area contributed by atoms with Gasteiger partial charge in [0.15, 0.2) is 0 Å². The standard InChI is InChI=1S/C14H26N2O2/c1-17-13-2-5-16(10-13)9-8-15-6-3-14(4-7-15)11-18-12-14/h13H,2-12H2,1H3. The van der Waals surface area contributed by atoms with E-state index in [2.05, 4.69) is 9.80 Å². The van der Waals surface area contributed by atoms with Crippen molar-refractivity contribution < 1.29 is 9.47 Å². The minimum absolute atomic E-state index is 0.474. The molecule has 4 nitrogen and oxygen atoms in total. The van der Waals surface area contributed by atoms with Crippen LogP contribution in [0.25, 0.3) is 0 Å². The van der Waals surface area contributed by atoms with Crippen LogP contribution < -0.4 is 0 Å². The second-order valence-electron chi connectivity index (χ2n) is 6.28. The Morgan fingerprint density at radius 2 is 1.83 bits per heavy atom. The number of piperidine rings is 1. The van der Waals surface area contributed by atoms with E-state index >= 15 is 0 Å². The molecule has 0 aromatic heterocycles. The van der Waals surface area contributed by atoms with E-state index in [1.807, 2.05) is 7.11 Å². The molecule has 0 N–H and O–H groups in total. The Bertz CT molecular complexity index is 271. The van der Waals surface area contributed by atoms with E-state index in [9.17, 15) is 0 Å². The van der Waals surface area contributed by atoms with E-state index in [4.69, 9.17) is 9.47 Å². The quantitative estimate of drug-likeness (QED) is 0.741. The molecule has 0 aromatic rings. The molecular formula is C14H26N2O2. The number of hydrogen-bond acceptors (Lipinski definition) is 4. The number of hydrogen-bond donors (Lipinski definition) is 0. The van der Waals surface area contributed by atoms with Crippen LogP contribution in [-0.2, 0) is 9.47 Å². The molecule has 3 aliphatic heterocycles. The van der Waals surface area contributed by atoms with E-state index in [-0.39, 0.29) is 0 Å². The number of methoxy groups -OCH3 is 1. The van der Waals surface area contributed by atoms with Gasteiger partial charge in [0.05, 0.1) is 19.3 Å². The van der Waals surface area contributed by atoms with Crippen molar-refractivity contribution in [1.29, 1.82) is 0 Å². The topological polar surface area (TPSA) is 24.9 Å². The Morgan fingerprint density at radius 1 is 1.11 bits per heavy atom. The second kappa shape index (κ2) is 5.45. The molecule has 18 heavy (non-hydrogen) atoms. The molecule has 3 aliphatic rings. The molecule has 0 bridgehead atoms. The van der Waals surface area contributed by atoms with Gasteiger partial charge in [-0.3, -0.25) is 4.90 Å². The summed E-state index contributed by atoms with van der Waals surface area (Å²) in [7, 11) is 1.83. The lowest BCUT2D eigenvalue weighted by molar-refractivity contribution is -0.139. The van der Waals surface area contributed by atoms with Gasteiger partial charge in [0.2, 0.25) is 0 Å². The second-order valence-corrected chi connectivity index (χ2v) is 6.28. The van der Waals surface area contributed by atoms with Crippen molar-refractivity contribution in [3.05, 3.63) is 0 Å². The molecule has 0 radical (unpaired) electrons. The van der Waals surface area contributed by atoms with Crippen LogP contribution in [0.4, 0.5) is 0 Å². The lowest BCUT2D eigenvalue weighted by Crippen LogP contribution is -2.51. The van der Waals surface area contributed by atoms with E-state index in [0.717, 1.165) is 19.8 Å². The monoisotopic (exact) mass is 254 g/mol. The molecule has 104 valence electrons. The Hall–Kier alpha value is -0.160. The van der Waals surface area contributed by atoms with Gasteiger partial charge in [-0.05, 0) is 32.4 Å². The van der Waals surface area contributed by atoms with Crippen molar-refractivity contribution in [2.75, 3.05) is 59.6 Å². The summed E-state index contributed by atoms with van der Waals surface area (Å²) < 4.78 is 10.8. The molecule has 3 saturated heterocycles. The lowest BCUT2D eigenvalue weighted by Gasteiger charge is -2.47. The Balaban J connectivity index is 1.35. The fraction of sp³-hybridized carbons (Fsp3) is 1.00. The van der Waals surface area contributed by atoms with Gasteiger partial charge < -0.3 is 14.4 Å². The van der Waals surface area contributed by atoms with Crippen LogP contribution in [-0.4, -0.2) is 75.5 Å². The molecule has 1 spiro atoms. The number of nitrogens with zero attached hydrogens (tertiary/aromatic N) is 2. The molecule has 0 aliphatic carbocycles. The highest BCUT2D eigenvalue weighted by molar-refractivity contribution is 4.91. The summed E-state index contributed by atoms with van der Waals surface area (Å²) in [4.78, 5) is 5.18. The van der Waals surface area contributed by atoms with Crippen molar-refractivity contribution in [2.45, 2.75) is 25.4 Å². The molecule has 0 saturated carbocycles. The van der Waals surface area contributed by atoms with E-state index in [0.29, 0.717) is 11.5 Å². The molecular weight excluding hydrogens is 228 g/mol. The van der Waals surface area contributed by atoms with Gasteiger partial charge in [-0.2, -0.15) is 0 Å². The van der Waals surface area contributed by atoms with Crippen LogP contribution in [0.1, 0.15) is 19.3 Å². The maximum atomic E-state index is 5.41. The summed E-state index contributed by atoms with van der Waals surface area (Å²) in [5.74, 6) is 0. The number of rotatable bonds is 4. The van der Waals surface area contributed by atoms with E-state index in [1.54, 1.807) is 0 Å². The summed E-state index contributed by atoms with van der Waals surface area (Å²) in [6, 6.07) is 0. The molecule has 1 unspecified atom stereocenters. The maximum absolute atomic E-state index is 5.41. The first-order valence-corrected chi connectivity index (χ1v) is 7.35. The first-order valence-electron chi connectivity index (χ1n) is 7.35. The predicted molar refractivity (Wildman–Crippen MR) is 70.8 cm³/mol.